The number of benzene rings is 2. The average Bonchev–Trinajstić information content (AvgIpc) is 2.86. The van der Waals surface area contributed by atoms with Crippen molar-refractivity contribution in [3.8, 4) is 11.1 Å². The van der Waals surface area contributed by atoms with Crippen LogP contribution in [0.3, 0.4) is 0 Å². The fourth-order valence-corrected chi connectivity index (χ4v) is 6.05. The van der Waals surface area contributed by atoms with Crippen LogP contribution in [0, 0.1) is 17.7 Å². The highest BCUT2D eigenvalue weighted by atomic mass is 35.5. The molecule has 176 valence electrons. The van der Waals surface area contributed by atoms with E-state index < -0.39 is 0 Å². The fourth-order valence-electron chi connectivity index (χ4n) is 5.73. The Morgan fingerprint density at radius 1 is 0.970 bits per heavy atom. The van der Waals surface area contributed by atoms with Crippen LogP contribution in [0.1, 0.15) is 94.6 Å². The van der Waals surface area contributed by atoms with E-state index in [2.05, 4.69) is 43.9 Å². The molecule has 1 fully saturated rings. The second-order valence-electron chi connectivity index (χ2n) is 10.1. The summed E-state index contributed by atoms with van der Waals surface area (Å²) in [5.41, 5.74) is 5.18. The summed E-state index contributed by atoms with van der Waals surface area (Å²) < 4.78 is 15.3. The summed E-state index contributed by atoms with van der Waals surface area (Å²) in [5, 5.41) is 0.308. The maximum absolute atomic E-state index is 15.3. The van der Waals surface area contributed by atoms with E-state index >= 15 is 4.39 Å². The van der Waals surface area contributed by atoms with E-state index in [0.717, 1.165) is 49.1 Å². The van der Waals surface area contributed by atoms with Crippen LogP contribution in [-0.4, -0.2) is 0 Å². The minimum atomic E-state index is -0.278. The average molecular weight is 465 g/mol. The molecule has 0 N–H and O–H groups in total. The van der Waals surface area contributed by atoms with E-state index in [1.165, 1.54) is 49.7 Å². The van der Waals surface area contributed by atoms with Crippen molar-refractivity contribution < 1.29 is 4.39 Å². The Hall–Kier alpha value is -1.86. The highest BCUT2D eigenvalue weighted by Gasteiger charge is 2.25. The Bertz CT molecular complexity index is 963. The summed E-state index contributed by atoms with van der Waals surface area (Å²) in [6, 6.07) is 12.4. The lowest BCUT2D eigenvalue weighted by Gasteiger charge is -2.28. The van der Waals surface area contributed by atoms with Gasteiger partial charge in [-0.15, -0.1) is 6.58 Å². The highest BCUT2D eigenvalue weighted by Crippen LogP contribution is 2.42. The van der Waals surface area contributed by atoms with E-state index in [1.807, 2.05) is 18.2 Å². The molecule has 2 aromatic carbocycles. The zero-order valence-electron chi connectivity index (χ0n) is 20.1. The Morgan fingerprint density at radius 2 is 1.70 bits per heavy atom. The first-order valence-corrected chi connectivity index (χ1v) is 13.4. The van der Waals surface area contributed by atoms with Crippen LogP contribution in [0.25, 0.3) is 16.7 Å². The van der Waals surface area contributed by atoms with Gasteiger partial charge in [-0.25, -0.2) is 4.39 Å². The summed E-state index contributed by atoms with van der Waals surface area (Å²) >= 11 is 6.56. The molecule has 2 heteroatoms. The molecule has 0 aromatic heterocycles. The van der Waals surface area contributed by atoms with Gasteiger partial charge in [-0.3, -0.25) is 0 Å². The van der Waals surface area contributed by atoms with Gasteiger partial charge in [0.05, 0.1) is 5.02 Å². The van der Waals surface area contributed by atoms with Crippen molar-refractivity contribution in [2.75, 3.05) is 0 Å². The number of hydrogen-bond donors (Lipinski definition) is 0. The lowest BCUT2D eigenvalue weighted by molar-refractivity contribution is 0.375. The van der Waals surface area contributed by atoms with Gasteiger partial charge in [0.2, 0.25) is 0 Å². The third-order valence-corrected chi connectivity index (χ3v) is 8.34. The summed E-state index contributed by atoms with van der Waals surface area (Å²) in [6.07, 6.45) is 17.8. The number of rotatable bonds is 8. The third kappa shape index (κ3) is 5.80. The summed E-state index contributed by atoms with van der Waals surface area (Å²) in [6.45, 7) is 6.19. The molecular formula is C31H38ClF. The second kappa shape index (κ2) is 11.5. The topological polar surface area (TPSA) is 0 Å². The van der Waals surface area contributed by atoms with Gasteiger partial charge in [0.1, 0.15) is 5.82 Å². The van der Waals surface area contributed by atoms with Crippen LogP contribution in [0.15, 0.2) is 55.1 Å². The Balaban J connectivity index is 1.44. The largest absolute Gasteiger partial charge is 0.205 e. The molecule has 2 aromatic rings. The van der Waals surface area contributed by atoms with Crippen LogP contribution in [0.5, 0.6) is 0 Å². The van der Waals surface area contributed by atoms with E-state index in [9.17, 15) is 0 Å². The Morgan fingerprint density at radius 3 is 2.33 bits per heavy atom. The molecule has 0 spiro atoms. The minimum Gasteiger partial charge on any atom is -0.205 e. The molecule has 2 aliphatic carbocycles. The molecule has 0 bridgehead atoms. The van der Waals surface area contributed by atoms with Gasteiger partial charge < -0.3 is 0 Å². The molecule has 0 heterocycles. The molecule has 0 nitrogen and oxygen atoms in total. The molecule has 0 aliphatic heterocycles. The SMILES string of the molecule is C=CC1CCC(c2ccc(-c3ccc(C4=CCC(CCCCC)CC4)cc3)c(F)c2Cl)CC1. The van der Waals surface area contributed by atoms with E-state index in [4.69, 9.17) is 11.6 Å². The van der Waals surface area contributed by atoms with Gasteiger partial charge in [-0.2, -0.15) is 0 Å². The summed E-state index contributed by atoms with van der Waals surface area (Å²) in [4.78, 5) is 0. The molecule has 33 heavy (non-hydrogen) atoms. The van der Waals surface area contributed by atoms with Gasteiger partial charge in [0.15, 0.2) is 0 Å². The van der Waals surface area contributed by atoms with Crippen molar-refractivity contribution in [2.24, 2.45) is 11.8 Å². The molecule has 1 unspecified atom stereocenters. The maximum atomic E-state index is 15.3. The fraction of sp³-hybridized carbons (Fsp3) is 0.484. The standard InChI is InChI=1S/C31H38ClF/c1-3-5-6-7-23-10-12-24(13-11-23)25-16-18-27(19-17-25)29-21-20-28(30(32)31(29)33)26-14-8-22(4-2)9-15-26/h4,12,16-23,26H,2-3,5-11,13-15H2,1H3. The first-order valence-electron chi connectivity index (χ1n) is 13.0. The molecule has 0 saturated heterocycles. The van der Waals surface area contributed by atoms with Gasteiger partial charge in [-0.05, 0) is 85.0 Å². The van der Waals surface area contributed by atoms with Crippen molar-refractivity contribution in [2.45, 2.75) is 83.5 Å². The molecule has 1 saturated carbocycles. The highest BCUT2D eigenvalue weighted by molar-refractivity contribution is 6.32. The molecule has 0 amide bonds. The minimum absolute atomic E-state index is 0.278. The Labute approximate surface area is 205 Å². The van der Waals surface area contributed by atoms with Crippen molar-refractivity contribution in [1.29, 1.82) is 0 Å². The second-order valence-corrected chi connectivity index (χ2v) is 10.5. The predicted molar refractivity (Wildman–Crippen MR) is 141 cm³/mol. The zero-order valence-corrected chi connectivity index (χ0v) is 20.8. The quantitative estimate of drug-likeness (QED) is 0.269. The monoisotopic (exact) mass is 464 g/mol. The van der Waals surface area contributed by atoms with Gasteiger partial charge >= 0.3 is 0 Å². The predicted octanol–water partition coefficient (Wildman–Crippen LogP) is 10.4. The summed E-state index contributed by atoms with van der Waals surface area (Å²) in [5.74, 6) is 1.51. The number of hydrogen-bond acceptors (Lipinski definition) is 0. The van der Waals surface area contributed by atoms with Gasteiger partial charge in [0, 0.05) is 5.56 Å². The number of halogens is 2. The molecule has 2 aliphatic rings. The van der Waals surface area contributed by atoms with E-state index in [-0.39, 0.29) is 5.82 Å². The lowest BCUT2D eigenvalue weighted by atomic mass is 9.78. The van der Waals surface area contributed by atoms with Crippen LogP contribution in [-0.2, 0) is 0 Å². The van der Waals surface area contributed by atoms with Crippen molar-refractivity contribution in [3.63, 3.8) is 0 Å². The number of unbranched alkanes of at least 4 members (excludes halogenated alkanes) is 2. The molecule has 1 atom stereocenters. The summed E-state index contributed by atoms with van der Waals surface area (Å²) in [7, 11) is 0. The van der Waals surface area contributed by atoms with Crippen molar-refractivity contribution in [3.05, 3.63) is 77.1 Å². The van der Waals surface area contributed by atoms with Crippen LogP contribution < -0.4 is 0 Å². The Kier molecular flexibility index (Phi) is 8.47. The van der Waals surface area contributed by atoms with Crippen LogP contribution >= 0.6 is 11.6 Å². The van der Waals surface area contributed by atoms with Gasteiger partial charge in [0.25, 0.3) is 0 Å². The van der Waals surface area contributed by atoms with E-state index in [0.29, 0.717) is 22.4 Å². The smallest absolute Gasteiger partial charge is 0.149 e. The maximum Gasteiger partial charge on any atom is 0.149 e. The molecule has 0 radical (unpaired) electrons. The van der Waals surface area contributed by atoms with E-state index in [1.54, 1.807) is 0 Å². The van der Waals surface area contributed by atoms with Crippen LogP contribution in [0.2, 0.25) is 5.02 Å². The molecular weight excluding hydrogens is 427 g/mol. The zero-order chi connectivity index (χ0) is 23.2. The van der Waals surface area contributed by atoms with Crippen molar-refractivity contribution in [1.82, 2.24) is 0 Å². The van der Waals surface area contributed by atoms with Crippen molar-refractivity contribution >= 4 is 17.2 Å². The van der Waals surface area contributed by atoms with Crippen LogP contribution in [0.4, 0.5) is 4.39 Å². The molecule has 4 rings (SSSR count). The first-order chi connectivity index (χ1) is 16.1. The normalized spacial score (nSPS) is 23.2. The third-order valence-electron chi connectivity index (χ3n) is 7.96. The van der Waals surface area contributed by atoms with Gasteiger partial charge in [-0.1, -0.05) is 92.8 Å². The number of allylic oxidation sites excluding steroid dienone is 3. The first kappa shape index (κ1) is 24.3. The lowest BCUT2D eigenvalue weighted by Crippen LogP contribution is -2.12.